The van der Waals surface area contributed by atoms with Gasteiger partial charge in [0, 0.05) is 16.7 Å². The van der Waals surface area contributed by atoms with Gasteiger partial charge in [-0.05, 0) is 30.3 Å². The van der Waals surface area contributed by atoms with Crippen LogP contribution in [0.2, 0.25) is 10.0 Å². The third-order valence-corrected chi connectivity index (χ3v) is 4.37. The van der Waals surface area contributed by atoms with Gasteiger partial charge in [0.2, 0.25) is 5.90 Å². The summed E-state index contributed by atoms with van der Waals surface area (Å²) in [5.41, 5.74) is 1.09. The van der Waals surface area contributed by atoms with Gasteiger partial charge in [-0.1, -0.05) is 23.2 Å². The van der Waals surface area contributed by atoms with Gasteiger partial charge in [0.15, 0.2) is 17.2 Å². The number of cyclic esters (lactones) is 1. The maximum atomic E-state index is 12.3. The molecule has 0 aliphatic carbocycles. The molecule has 27 heavy (non-hydrogen) atoms. The first-order valence-corrected chi connectivity index (χ1v) is 8.50. The first-order valence-electron chi connectivity index (χ1n) is 7.74. The fourth-order valence-corrected chi connectivity index (χ4v) is 2.87. The van der Waals surface area contributed by atoms with Crippen molar-refractivity contribution in [1.82, 2.24) is 0 Å². The molecule has 2 aromatic rings. The minimum Gasteiger partial charge on any atom is -0.496 e. The van der Waals surface area contributed by atoms with Gasteiger partial charge in [-0.15, -0.1) is 0 Å². The van der Waals surface area contributed by atoms with Crippen molar-refractivity contribution in [1.29, 1.82) is 0 Å². The predicted octanol–water partition coefficient (Wildman–Crippen LogP) is 4.36. The second-order valence-electron chi connectivity index (χ2n) is 5.41. The maximum absolute atomic E-state index is 12.3. The first-order chi connectivity index (χ1) is 13.0. The van der Waals surface area contributed by atoms with Gasteiger partial charge < -0.3 is 18.9 Å². The monoisotopic (exact) mass is 407 g/mol. The number of rotatable bonds is 5. The molecule has 0 amide bonds. The molecule has 1 heterocycles. The Labute approximate surface area is 165 Å². The van der Waals surface area contributed by atoms with E-state index in [-0.39, 0.29) is 11.6 Å². The standard InChI is InChI=1S/C19H15Cl2NO5/c1-24-15-9-17(26-3)16(25-2)7-10(15)6-14-19(23)27-18(22-14)12-8-11(20)4-5-13(12)21/h4-9H,1-3H3. The van der Waals surface area contributed by atoms with Crippen LogP contribution in [0.3, 0.4) is 0 Å². The van der Waals surface area contributed by atoms with E-state index in [0.717, 1.165) is 0 Å². The molecule has 0 bridgehead atoms. The average molecular weight is 408 g/mol. The van der Waals surface area contributed by atoms with E-state index in [0.29, 0.717) is 38.4 Å². The largest absolute Gasteiger partial charge is 0.496 e. The zero-order valence-electron chi connectivity index (χ0n) is 14.7. The normalized spacial score (nSPS) is 14.8. The van der Waals surface area contributed by atoms with Gasteiger partial charge in [0.25, 0.3) is 0 Å². The van der Waals surface area contributed by atoms with Crippen LogP contribution in [0.5, 0.6) is 17.2 Å². The van der Waals surface area contributed by atoms with Crippen molar-refractivity contribution in [2.45, 2.75) is 0 Å². The molecule has 3 rings (SSSR count). The Bertz CT molecular complexity index is 969. The highest BCUT2D eigenvalue weighted by Crippen LogP contribution is 2.36. The zero-order valence-corrected chi connectivity index (χ0v) is 16.2. The third kappa shape index (κ3) is 3.86. The molecule has 0 saturated heterocycles. The van der Waals surface area contributed by atoms with Gasteiger partial charge >= 0.3 is 5.97 Å². The van der Waals surface area contributed by atoms with Gasteiger partial charge in [-0.3, -0.25) is 0 Å². The molecular formula is C19H15Cl2NO5. The number of aliphatic imine (C=N–C) groups is 1. The van der Waals surface area contributed by atoms with Crippen LogP contribution in [0.25, 0.3) is 6.08 Å². The molecule has 0 spiro atoms. The van der Waals surface area contributed by atoms with E-state index in [9.17, 15) is 4.79 Å². The Morgan fingerprint density at radius 3 is 2.30 bits per heavy atom. The quantitative estimate of drug-likeness (QED) is 0.543. The summed E-state index contributed by atoms with van der Waals surface area (Å²) in [6, 6.07) is 8.16. The average Bonchev–Trinajstić information content (AvgIpc) is 3.03. The smallest absolute Gasteiger partial charge is 0.363 e. The van der Waals surface area contributed by atoms with Crippen LogP contribution in [0, 0.1) is 0 Å². The van der Waals surface area contributed by atoms with E-state index in [1.807, 2.05) is 0 Å². The van der Waals surface area contributed by atoms with E-state index in [4.69, 9.17) is 42.1 Å². The molecule has 1 aliphatic heterocycles. The van der Waals surface area contributed by atoms with Gasteiger partial charge in [0.05, 0.1) is 31.9 Å². The fourth-order valence-electron chi connectivity index (χ4n) is 2.50. The number of halogens is 2. The van der Waals surface area contributed by atoms with Crippen molar-refractivity contribution in [2.24, 2.45) is 4.99 Å². The summed E-state index contributed by atoms with van der Waals surface area (Å²) in [6.45, 7) is 0. The molecule has 8 heteroatoms. The molecule has 0 saturated carbocycles. The molecule has 0 unspecified atom stereocenters. The van der Waals surface area contributed by atoms with Gasteiger partial charge in [-0.25, -0.2) is 9.79 Å². The maximum Gasteiger partial charge on any atom is 0.363 e. The topological polar surface area (TPSA) is 66.3 Å². The molecule has 6 nitrogen and oxygen atoms in total. The summed E-state index contributed by atoms with van der Waals surface area (Å²) in [7, 11) is 4.55. The lowest BCUT2D eigenvalue weighted by Gasteiger charge is -2.12. The summed E-state index contributed by atoms with van der Waals surface area (Å²) in [6.07, 6.45) is 1.54. The highest BCUT2D eigenvalue weighted by Gasteiger charge is 2.26. The summed E-state index contributed by atoms with van der Waals surface area (Å²) >= 11 is 12.1. The lowest BCUT2D eigenvalue weighted by Crippen LogP contribution is -2.06. The SMILES string of the molecule is COc1cc(OC)c(OC)cc1C=C1N=C(c2cc(Cl)ccc2Cl)OC1=O. The van der Waals surface area contributed by atoms with Crippen molar-refractivity contribution in [3.63, 3.8) is 0 Å². The van der Waals surface area contributed by atoms with Crippen molar-refractivity contribution in [2.75, 3.05) is 21.3 Å². The Morgan fingerprint density at radius 1 is 0.963 bits per heavy atom. The highest BCUT2D eigenvalue weighted by molar-refractivity contribution is 6.36. The second kappa shape index (κ2) is 7.90. The summed E-state index contributed by atoms with van der Waals surface area (Å²) < 4.78 is 21.2. The van der Waals surface area contributed by atoms with Crippen molar-refractivity contribution < 1.29 is 23.7 Å². The molecule has 0 fully saturated rings. The predicted molar refractivity (Wildman–Crippen MR) is 103 cm³/mol. The molecule has 2 aromatic carbocycles. The van der Waals surface area contributed by atoms with Crippen LogP contribution in [0.15, 0.2) is 41.0 Å². The molecule has 0 aromatic heterocycles. The summed E-state index contributed by atoms with van der Waals surface area (Å²) in [5, 5.41) is 0.822. The zero-order chi connectivity index (χ0) is 19.6. The number of hydrogen-bond donors (Lipinski definition) is 0. The van der Waals surface area contributed by atoms with Crippen LogP contribution in [-0.2, 0) is 9.53 Å². The molecule has 0 atom stereocenters. The van der Waals surface area contributed by atoms with E-state index in [1.54, 1.807) is 30.3 Å². The summed E-state index contributed by atoms with van der Waals surface area (Å²) in [4.78, 5) is 16.5. The van der Waals surface area contributed by atoms with Crippen LogP contribution >= 0.6 is 23.2 Å². The number of ether oxygens (including phenoxy) is 4. The number of hydrogen-bond acceptors (Lipinski definition) is 6. The third-order valence-electron chi connectivity index (χ3n) is 3.81. The fraction of sp³-hybridized carbons (Fsp3) is 0.158. The Morgan fingerprint density at radius 2 is 1.63 bits per heavy atom. The minimum absolute atomic E-state index is 0.0817. The number of methoxy groups -OCH3 is 3. The highest BCUT2D eigenvalue weighted by atomic mass is 35.5. The number of esters is 1. The lowest BCUT2D eigenvalue weighted by atomic mass is 10.1. The van der Waals surface area contributed by atoms with E-state index >= 15 is 0 Å². The Kier molecular flexibility index (Phi) is 5.58. The van der Waals surface area contributed by atoms with E-state index in [2.05, 4.69) is 4.99 Å². The van der Waals surface area contributed by atoms with Gasteiger partial charge in [-0.2, -0.15) is 0 Å². The molecule has 140 valence electrons. The van der Waals surface area contributed by atoms with Gasteiger partial charge in [0.1, 0.15) is 5.75 Å². The Balaban J connectivity index is 2.05. The molecule has 0 N–H and O–H groups in total. The lowest BCUT2D eigenvalue weighted by molar-refractivity contribution is -0.129. The number of benzene rings is 2. The van der Waals surface area contributed by atoms with Crippen molar-refractivity contribution in [3.8, 4) is 17.2 Å². The van der Waals surface area contributed by atoms with Crippen LogP contribution in [-0.4, -0.2) is 33.2 Å². The number of carbonyl (C=O) groups excluding carboxylic acids is 1. The number of carbonyl (C=O) groups is 1. The second-order valence-corrected chi connectivity index (χ2v) is 6.25. The number of nitrogens with zero attached hydrogens (tertiary/aromatic N) is 1. The minimum atomic E-state index is -0.613. The molecular weight excluding hydrogens is 393 g/mol. The Hall–Kier alpha value is -2.70. The van der Waals surface area contributed by atoms with Crippen LogP contribution in [0.1, 0.15) is 11.1 Å². The van der Waals surface area contributed by atoms with E-state index in [1.165, 1.54) is 27.4 Å². The van der Waals surface area contributed by atoms with Crippen molar-refractivity contribution in [3.05, 3.63) is 57.2 Å². The van der Waals surface area contributed by atoms with Crippen LogP contribution < -0.4 is 14.2 Å². The molecule has 0 radical (unpaired) electrons. The van der Waals surface area contributed by atoms with Crippen molar-refractivity contribution >= 4 is 41.1 Å². The summed E-state index contributed by atoms with van der Waals surface area (Å²) in [5.74, 6) is 0.937. The van der Waals surface area contributed by atoms with Crippen LogP contribution in [0.4, 0.5) is 0 Å². The first kappa shape index (κ1) is 19.1. The van der Waals surface area contributed by atoms with E-state index < -0.39 is 5.97 Å². The molecule has 1 aliphatic rings.